The second-order valence-electron chi connectivity index (χ2n) is 25.6. The highest BCUT2D eigenvalue weighted by Crippen LogP contribution is 2.45. The predicted octanol–water partition coefficient (Wildman–Crippen LogP) is 22.7. The molecule has 5 atom stereocenters. The molecule has 0 rings (SSSR count). The number of hydrogen-bond acceptors (Lipinski definition) is 15. The highest BCUT2D eigenvalue weighted by molar-refractivity contribution is 7.47. The second-order valence-corrected chi connectivity index (χ2v) is 28.5. The van der Waals surface area contributed by atoms with Crippen LogP contribution in [0.25, 0.3) is 0 Å². The van der Waals surface area contributed by atoms with E-state index in [2.05, 4.69) is 149 Å². The summed E-state index contributed by atoms with van der Waals surface area (Å²) in [6.07, 6.45) is 84.3. The Kier molecular flexibility index (Phi) is 70.5. The largest absolute Gasteiger partial charge is 0.472 e. The van der Waals surface area contributed by atoms with Gasteiger partial charge in [-0.1, -0.05) is 270 Å². The Hall–Kier alpha value is -5.06. The molecule has 0 aliphatic rings. The highest BCUT2D eigenvalue weighted by Gasteiger charge is 2.30. The maximum Gasteiger partial charge on any atom is 0.472 e. The molecule has 0 spiro atoms. The lowest BCUT2D eigenvalue weighted by Crippen LogP contribution is -2.30. The molecule has 5 unspecified atom stereocenters. The molecule has 0 aromatic rings. The van der Waals surface area contributed by atoms with Crippen LogP contribution in [0.4, 0.5) is 0 Å². The number of carbonyl (C=O) groups is 4. The molecule has 19 heteroatoms. The number of esters is 4. The summed E-state index contributed by atoms with van der Waals surface area (Å²) in [6, 6.07) is 0. The van der Waals surface area contributed by atoms with Crippen LogP contribution in [-0.4, -0.2) is 96.7 Å². The van der Waals surface area contributed by atoms with Gasteiger partial charge >= 0.3 is 39.5 Å². The van der Waals surface area contributed by atoms with Crippen LogP contribution < -0.4 is 0 Å². The first-order chi connectivity index (χ1) is 49.7. The summed E-state index contributed by atoms with van der Waals surface area (Å²) >= 11 is 0. The van der Waals surface area contributed by atoms with Crippen molar-refractivity contribution in [1.82, 2.24) is 0 Å². The summed E-state index contributed by atoms with van der Waals surface area (Å²) in [6.45, 7) is 4.47. The number of unbranched alkanes of at least 4 members (excludes halogenated alkanes) is 23. The molecule has 582 valence electrons. The maximum absolute atomic E-state index is 13.1. The third-order valence-electron chi connectivity index (χ3n) is 15.8. The SMILES string of the molecule is CC/C=C\C/C=C\C/C=C\C/C=C\C/C=C\CC(=O)OC(COC(=O)CCCCCCCC/C=C\C/C=C\C/C=C\CCCCC)COP(=O)(O)OCC(O)COP(=O)(O)OCC(COC(=O)CCCCCCC/C=C\C/C=C\CCCCC)OC(=O)CCCCCCC/C=C\C/C=C\CCC. The molecular weight excluding hydrogens is 1330 g/mol. The van der Waals surface area contributed by atoms with Crippen LogP contribution in [0.1, 0.15) is 297 Å². The van der Waals surface area contributed by atoms with Crippen molar-refractivity contribution in [1.29, 1.82) is 0 Å². The summed E-state index contributed by atoms with van der Waals surface area (Å²) in [4.78, 5) is 72.9. The minimum Gasteiger partial charge on any atom is -0.462 e. The molecular formula is C83H138O17P2. The van der Waals surface area contributed by atoms with E-state index in [9.17, 15) is 43.2 Å². The van der Waals surface area contributed by atoms with Gasteiger partial charge in [-0.2, -0.15) is 0 Å². The molecule has 17 nitrogen and oxygen atoms in total. The van der Waals surface area contributed by atoms with Gasteiger partial charge in [-0.05, 0) is 148 Å². The van der Waals surface area contributed by atoms with Crippen molar-refractivity contribution in [3.05, 3.63) is 146 Å². The molecule has 0 saturated carbocycles. The van der Waals surface area contributed by atoms with Gasteiger partial charge < -0.3 is 33.8 Å². The summed E-state index contributed by atoms with van der Waals surface area (Å²) in [5.74, 6) is -2.37. The number of rotatable bonds is 72. The molecule has 0 amide bonds. The van der Waals surface area contributed by atoms with E-state index in [1.807, 2.05) is 12.2 Å². The molecule has 0 saturated heterocycles. The number of aliphatic hydroxyl groups is 1. The van der Waals surface area contributed by atoms with Crippen molar-refractivity contribution in [2.24, 2.45) is 0 Å². The number of phosphoric acid groups is 2. The third kappa shape index (κ3) is 73.3. The fourth-order valence-electron chi connectivity index (χ4n) is 9.84. The van der Waals surface area contributed by atoms with Crippen LogP contribution in [0.5, 0.6) is 0 Å². The van der Waals surface area contributed by atoms with Gasteiger partial charge in [0, 0.05) is 19.3 Å². The molecule has 0 aromatic heterocycles. The first kappa shape index (κ1) is 96.9. The van der Waals surface area contributed by atoms with Crippen molar-refractivity contribution in [2.75, 3.05) is 39.6 Å². The smallest absolute Gasteiger partial charge is 0.462 e. The molecule has 0 aliphatic carbocycles. The van der Waals surface area contributed by atoms with Gasteiger partial charge in [-0.3, -0.25) is 37.3 Å². The lowest BCUT2D eigenvalue weighted by atomic mass is 10.1. The zero-order valence-electron chi connectivity index (χ0n) is 63.5. The van der Waals surface area contributed by atoms with E-state index in [1.54, 1.807) is 12.2 Å². The summed E-state index contributed by atoms with van der Waals surface area (Å²) in [5, 5.41) is 10.6. The Morgan fingerprint density at radius 1 is 0.294 bits per heavy atom. The maximum atomic E-state index is 13.1. The number of hydrogen-bond donors (Lipinski definition) is 3. The van der Waals surface area contributed by atoms with Gasteiger partial charge in [0.05, 0.1) is 32.8 Å². The quantitative estimate of drug-likeness (QED) is 0.0169. The second kappa shape index (κ2) is 74.2. The van der Waals surface area contributed by atoms with Gasteiger partial charge in [0.1, 0.15) is 19.3 Å². The van der Waals surface area contributed by atoms with Crippen LogP contribution in [0, 0.1) is 0 Å². The Balaban J connectivity index is 5.44. The van der Waals surface area contributed by atoms with E-state index in [1.165, 1.54) is 38.5 Å². The molecule has 102 heavy (non-hydrogen) atoms. The molecule has 0 aliphatic heterocycles. The van der Waals surface area contributed by atoms with Crippen molar-refractivity contribution < 1.29 is 80.2 Å². The highest BCUT2D eigenvalue weighted by atomic mass is 31.2. The van der Waals surface area contributed by atoms with Gasteiger partial charge in [-0.15, -0.1) is 0 Å². The van der Waals surface area contributed by atoms with Crippen LogP contribution in [0.15, 0.2) is 146 Å². The van der Waals surface area contributed by atoms with Crippen LogP contribution in [0.2, 0.25) is 0 Å². The topological polar surface area (TPSA) is 237 Å². The van der Waals surface area contributed by atoms with Crippen molar-refractivity contribution in [3.8, 4) is 0 Å². The monoisotopic (exact) mass is 1470 g/mol. The number of ether oxygens (including phenoxy) is 4. The van der Waals surface area contributed by atoms with Crippen molar-refractivity contribution in [3.63, 3.8) is 0 Å². The Morgan fingerprint density at radius 3 is 0.912 bits per heavy atom. The molecule has 0 radical (unpaired) electrons. The van der Waals surface area contributed by atoms with Crippen LogP contribution in [-0.2, 0) is 65.4 Å². The third-order valence-corrected chi connectivity index (χ3v) is 17.7. The Labute approximate surface area is 617 Å². The lowest BCUT2D eigenvalue weighted by molar-refractivity contribution is -0.161. The summed E-state index contributed by atoms with van der Waals surface area (Å²) < 4.78 is 68.4. The molecule has 0 bridgehead atoms. The van der Waals surface area contributed by atoms with Gasteiger partial charge in [-0.25, -0.2) is 9.13 Å². The van der Waals surface area contributed by atoms with Crippen LogP contribution >= 0.6 is 15.6 Å². The lowest BCUT2D eigenvalue weighted by Gasteiger charge is -2.21. The normalized spacial score (nSPS) is 14.7. The molecule has 0 fully saturated rings. The molecule has 0 heterocycles. The number of carbonyl (C=O) groups excluding carboxylic acids is 4. The average molecular weight is 1470 g/mol. The van der Waals surface area contributed by atoms with E-state index in [-0.39, 0.29) is 25.7 Å². The van der Waals surface area contributed by atoms with Crippen LogP contribution in [0.3, 0.4) is 0 Å². The zero-order valence-corrected chi connectivity index (χ0v) is 65.3. The van der Waals surface area contributed by atoms with Crippen molar-refractivity contribution >= 4 is 39.5 Å². The summed E-state index contributed by atoms with van der Waals surface area (Å²) in [7, 11) is -10.0. The fourth-order valence-corrected chi connectivity index (χ4v) is 11.4. The molecule has 3 N–H and O–H groups in total. The summed E-state index contributed by atoms with van der Waals surface area (Å²) in [5.41, 5.74) is 0. The molecule has 0 aromatic carbocycles. The fraction of sp³-hybridized carbons (Fsp3) is 0.663. The van der Waals surface area contributed by atoms with E-state index < -0.39 is 97.5 Å². The van der Waals surface area contributed by atoms with E-state index in [4.69, 9.17) is 37.0 Å². The Morgan fingerprint density at radius 2 is 0.569 bits per heavy atom. The number of aliphatic hydroxyl groups excluding tert-OH is 1. The van der Waals surface area contributed by atoms with E-state index >= 15 is 0 Å². The first-order valence-electron chi connectivity index (χ1n) is 39.1. The zero-order chi connectivity index (χ0) is 74.6. The van der Waals surface area contributed by atoms with E-state index in [0.717, 1.165) is 180 Å². The first-order valence-corrected chi connectivity index (χ1v) is 42.1. The van der Waals surface area contributed by atoms with Gasteiger partial charge in [0.15, 0.2) is 12.2 Å². The predicted molar refractivity (Wildman–Crippen MR) is 417 cm³/mol. The minimum atomic E-state index is -5.01. The van der Waals surface area contributed by atoms with Crippen molar-refractivity contribution in [2.45, 2.75) is 316 Å². The number of allylic oxidation sites excluding steroid dienone is 23. The van der Waals surface area contributed by atoms with E-state index in [0.29, 0.717) is 25.7 Å². The number of phosphoric ester groups is 2. The standard InChI is InChI=1S/C83H138O17P2/c1-5-9-13-17-21-25-29-33-36-37-38-39-42-45-48-52-56-60-64-68-81(86)94-74-79(100-83(88)70-66-62-58-54-50-46-41-35-31-27-23-19-15-11-7-3)76-98-102(91,92)96-72-77(84)71-95-101(89,90)97-75-78(99-82(87)69-65-61-57-53-49-43-32-28-24-20-16-12-8-4)73-93-80(85)67-63-59-55-51-47-44-40-34-30-26-22-18-14-10-6-2/h11,15-16,20-23,25-28,32-36,38-41,50,54,62,66,77-79,84H,5-10,12-14,17-19,24,29-31,37,42-49,51-53,55-61,63-65,67-76H2,1-4H3,(H,89,90)(H,91,92)/b15-11-,20-16-,25-21-,26-22-,27-23-,32-28-,36-33-,39-38-,40-34-,41-35-,54-50-,66-62-. The van der Waals surface area contributed by atoms with Gasteiger partial charge in [0.2, 0.25) is 0 Å². The minimum absolute atomic E-state index is 0.0694. The average Bonchev–Trinajstić information content (AvgIpc) is 0.907. The Bertz CT molecular complexity index is 2510. The van der Waals surface area contributed by atoms with Gasteiger partial charge in [0.25, 0.3) is 0 Å².